The number of hydrogen-bond donors (Lipinski definition) is 3. The van der Waals surface area contributed by atoms with Gasteiger partial charge >= 0.3 is 6.03 Å². The van der Waals surface area contributed by atoms with E-state index in [1.807, 2.05) is 0 Å². The second-order valence-corrected chi connectivity index (χ2v) is 10.1. The first-order valence-corrected chi connectivity index (χ1v) is 12.5. The van der Waals surface area contributed by atoms with Crippen LogP contribution >= 0.6 is 0 Å². The van der Waals surface area contributed by atoms with E-state index in [0.717, 1.165) is 25.9 Å². The van der Waals surface area contributed by atoms with Gasteiger partial charge in [-0.25, -0.2) is 18.2 Å². The molecule has 1 aromatic heterocycles. The summed E-state index contributed by atoms with van der Waals surface area (Å²) < 4.78 is 33.5. The van der Waals surface area contributed by atoms with E-state index in [1.54, 1.807) is 16.4 Å². The molecule has 2 fully saturated rings. The number of nitrogens with one attached hydrogen (secondary N) is 2. The molecular weight excluding hydrogens is 460 g/mol. The highest BCUT2D eigenvalue weighted by Gasteiger charge is 2.36. The van der Waals surface area contributed by atoms with Crippen molar-refractivity contribution in [2.45, 2.75) is 23.8 Å². The molecule has 0 radical (unpaired) electrons. The normalized spacial score (nSPS) is 19.6. The van der Waals surface area contributed by atoms with Gasteiger partial charge in [0.15, 0.2) is 0 Å². The van der Waals surface area contributed by atoms with Crippen molar-refractivity contribution in [1.82, 2.24) is 14.2 Å². The number of pyridine rings is 1. The molecule has 4 N–H and O–H groups in total. The number of hydrogen-bond acceptors (Lipinski definition) is 7. The van der Waals surface area contributed by atoms with Gasteiger partial charge in [0.05, 0.1) is 30.0 Å². The van der Waals surface area contributed by atoms with Crippen LogP contribution in [0, 0.1) is 0 Å². The maximum atomic E-state index is 13.3. The van der Waals surface area contributed by atoms with E-state index in [0.29, 0.717) is 37.7 Å². The molecule has 34 heavy (non-hydrogen) atoms. The predicted molar refractivity (Wildman–Crippen MR) is 126 cm³/mol. The van der Waals surface area contributed by atoms with Crippen LogP contribution in [0.1, 0.15) is 23.3 Å². The molecule has 3 heterocycles. The van der Waals surface area contributed by atoms with E-state index >= 15 is 0 Å². The maximum absolute atomic E-state index is 13.3. The number of aromatic nitrogens is 1. The Morgan fingerprint density at radius 3 is 2.35 bits per heavy atom. The Kier molecular flexibility index (Phi) is 7.41. The van der Waals surface area contributed by atoms with Gasteiger partial charge in [0, 0.05) is 37.9 Å². The van der Waals surface area contributed by atoms with Gasteiger partial charge in [0.1, 0.15) is 5.69 Å². The highest BCUT2D eigenvalue weighted by Crippen LogP contribution is 2.27. The Hall–Kier alpha value is -3.06. The predicted octanol–water partition coefficient (Wildman–Crippen LogP) is 1.31. The number of nitrogens with zero attached hydrogens (tertiary/aromatic N) is 3. The maximum Gasteiger partial charge on any atom is 0.323 e. The molecule has 2 saturated heterocycles. The van der Waals surface area contributed by atoms with Crippen LogP contribution in [0.2, 0.25) is 0 Å². The van der Waals surface area contributed by atoms with E-state index in [2.05, 4.69) is 20.5 Å². The molecule has 0 bridgehead atoms. The van der Waals surface area contributed by atoms with E-state index < -0.39 is 22.0 Å². The summed E-state index contributed by atoms with van der Waals surface area (Å²) in [7, 11) is -3.64. The molecular formula is C22H28N6O5S. The number of primary amides is 1. The summed E-state index contributed by atoms with van der Waals surface area (Å²) in [5, 5.41) is 5.23. The largest absolute Gasteiger partial charge is 0.379 e. The average Bonchev–Trinajstić information content (AvgIpc) is 3.29. The molecule has 1 atom stereocenters. The van der Waals surface area contributed by atoms with Crippen LogP contribution in [0.4, 0.5) is 16.2 Å². The lowest BCUT2D eigenvalue weighted by Crippen LogP contribution is -2.46. The zero-order valence-electron chi connectivity index (χ0n) is 18.6. The molecule has 2 aliphatic rings. The van der Waals surface area contributed by atoms with Crippen molar-refractivity contribution >= 4 is 33.3 Å². The van der Waals surface area contributed by atoms with Gasteiger partial charge < -0.3 is 21.1 Å². The fourth-order valence-corrected chi connectivity index (χ4v) is 5.83. The number of anilines is 2. The van der Waals surface area contributed by atoms with Gasteiger partial charge in [0.2, 0.25) is 10.0 Å². The van der Waals surface area contributed by atoms with Crippen LogP contribution < -0.4 is 16.4 Å². The summed E-state index contributed by atoms with van der Waals surface area (Å²) in [6.07, 6.45) is 2.99. The molecule has 12 heteroatoms. The first-order valence-electron chi connectivity index (χ1n) is 11.1. The van der Waals surface area contributed by atoms with Crippen molar-refractivity contribution in [3.8, 4) is 0 Å². The standard InChI is InChI=1S/C22H28N6O5S/c23-21(29)20-8-5-17(14-24-20)26-22(30)25-16-3-6-19(7-4-16)34(31,32)28-9-1-2-18(28)15-27-10-12-33-13-11-27/h3-8,14,18H,1-2,9-13,15H2,(H2,23,29)(H2,25,26,30)/t18-/m1/s1. The third kappa shape index (κ3) is 5.70. The number of sulfonamides is 1. The number of ether oxygens (including phenoxy) is 1. The Morgan fingerprint density at radius 2 is 1.71 bits per heavy atom. The average molecular weight is 489 g/mol. The second-order valence-electron chi connectivity index (χ2n) is 8.22. The minimum absolute atomic E-state index is 0.0544. The fourth-order valence-electron chi connectivity index (χ4n) is 4.14. The van der Waals surface area contributed by atoms with E-state index in [4.69, 9.17) is 10.5 Å². The van der Waals surface area contributed by atoms with Crippen molar-refractivity contribution in [3.05, 3.63) is 48.3 Å². The molecule has 0 spiro atoms. The summed E-state index contributed by atoms with van der Waals surface area (Å²) in [5.74, 6) is -0.660. The number of urea groups is 1. The first-order chi connectivity index (χ1) is 16.3. The smallest absolute Gasteiger partial charge is 0.323 e. The highest BCUT2D eigenvalue weighted by atomic mass is 32.2. The lowest BCUT2D eigenvalue weighted by Gasteiger charge is -2.32. The molecule has 11 nitrogen and oxygen atoms in total. The molecule has 2 aliphatic heterocycles. The number of carbonyl (C=O) groups excluding carboxylic acids is 2. The topological polar surface area (TPSA) is 147 Å². The third-order valence-corrected chi connectivity index (χ3v) is 7.85. The van der Waals surface area contributed by atoms with Crippen molar-refractivity contribution in [1.29, 1.82) is 0 Å². The number of morpholine rings is 1. The first kappa shape index (κ1) is 24.1. The number of rotatable bonds is 7. The molecule has 4 rings (SSSR count). The quantitative estimate of drug-likeness (QED) is 0.532. The van der Waals surface area contributed by atoms with Crippen molar-refractivity contribution in [3.63, 3.8) is 0 Å². The Balaban J connectivity index is 1.37. The van der Waals surface area contributed by atoms with Gasteiger partial charge in [-0.05, 0) is 49.2 Å². The molecule has 2 aromatic rings. The summed E-state index contributed by atoms with van der Waals surface area (Å²) in [4.78, 5) is 29.6. The van der Waals surface area contributed by atoms with Crippen LogP contribution in [0.3, 0.4) is 0 Å². The minimum Gasteiger partial charge on any atom is -0.379 e. The van der Waals surface area contributed by atoms with Gasteiger partial charge in [-0.2, -0.15) is 4.31 Å². The number of benzene rings is 1. The van der Waals surface area contributed by atoms with Crippen molar-refractivity contribution in [2.75, 3.05) is 50.0 Å². The zero-order valence-corrected chi connectivity index (χ0v) is 19.5. The third-order valence-electron chi connectivity index (χ3n) is 5.89. The number of nitrogens with two attached hydrogens (primary N) is 1. The SMILES string of the molecule is NC(=O)c1ccc(NC(=O)Nc2ccc(S(=O)(=O)N3CCC[C@@H]3CN3CCOCC3)cc2)cn1. The van der Waals surface area contributed by atoms with Crippen LogP contribution in [0.5, 0.6) is 0 Å². The van der Waals surface area contributed by atoms with Gasteiger partial charge in [-0.1, -0.05) is 0 Å². The fraction of sp³-hybridized carbons (Fsp3) is 0.409. The van der Waals surface area contributed by atoms with Crippen molar-refractivity contribution in [2.24, 2.45) is 5.73 Å². The molecule has 182 valence electrons. The Morgan fingerprint density at radius 1 is 1.03 bits per heavy atom. The van der Waals surface area contributed by atoms with E-state index in [1.165, 1.54) is 30.5 Å². The lowest BCUT2D eigenvalue weighted by atomic mass is 10.2. The van der Waals surface area contributed by atoms with E-state index in [9.17, 15) is 18.0 Å². The van der Waals surface area contributed by atoms with Gasteiger partial charge in [0.25, 0.3) is 5.91 Å². The molecule has 3 amide bonds. The second kappa shape index (κ2) is 10.5. The molecule has 1 aromatic carbocycles. The Bertz CT molecular complexity index is 1120. The minimum atomic E-state index is -3.64. The zero-order chi connectivity index (χ0) is 24.1. The molecule has 0 saturated carbocycles. The Labute approximate surface area is 198 Å². The molecule has 0 unspecified atom stereocenters. The van der Waals surface area contributed by atoms with Crippen LogP contribution in [0.25, 0.3) is 0 Å². The highest BCUT2D eigenvalue weighted by molar-refractivity contribution is 7.89. The molecule has 0 aliphatic carbocycles. The summed E-state index contributed by atoms with van der Waals surface area (Å²) >= 11 is 0. The van der Waals surface area contributed by atoms with E-state index in [-0.39, 0.29) is 16.6 Å². The number of amides is 3. The monoisotopic (exact) mass is 488 g/mol. The van der Waals surface area contributed by atoms with Gasteiger partial charge in [-0.15, -0.1) is 0 Å². The summed E-state index contributed by atoms with van der Waals surface area (Å²) in [5.41, 5.74) is 6.05. The van der Waals surface area contributed by atoms with Gasteiger partial charge in [-0.3, -0.25) is 9.69 Å². The van der Waals surface area contributed by atoms with Crippen LogP contribution in [-0.2, 0) is 14.8 Å². The van der Waals surface area contributed by atoms with Crippen molar-refractivity contribution < 1.29 is 22.7 Å². The number of carbonyl (C=O) groups is 2. The van der Waals surface area contributed by atoms with Crippen LogP contribution in [0.15, 0.2) is 47.5 Å². The lowest BCUT2D eigenvalue weighted by molar-refractivity contribution is 0.0312. The summed E-state index contributed by atoms with van der Waals surface area (Å²) in [6.45, 7) is 4.20. The van der Waals surface area contributed by atoms with Crippen LogP contribution in [-0.4, -0.2) is 80.0 Å². The summed E-state index contributed by atoms with van der Waals surface area (Å²) in [6, 6.07) is 8.42.